The molecule has 2 amide bonds. The van der Waals surface area contributed by atoms with Gasteiger partial charge in [-0.3, -0.25) is 4.79 Å². The number of rotatable bonds is 5. The van der Waals surface area contributed by atoms with Crippen LogP contribution in [-0.2, 0) is 9.53 Å². The number of hydrogen-bond acceptors (Lipinski definition) is 3. The van der Waals surface area contributed by atoms with Gasteiger partial charge in [-0.25, -0.2) is 4.79 Å². The second-order valence-corrected chi connectivity index (χ2v) is 5.45. The van der Waals surface area contributed by atoms with Crippen LogP contribution < -0.4 is 5.32 Å². The number of hydrogen-bond donors (Lipinski definition) is 2. The molecule has 6 heteroatoms. The molecular weight excluding hydrogens is 248 g/mol. The molecule has 2 aliphatic heterocycles. The van der Waals surface area contributed by atoms with Gasteiger partial charge in [-0.15, -0.1) is 0 Å². The molecule has 2 fully saturated rings. The normalized spacial score (nSPS) is 26.6. The van der Waals surface area contributed by atoms with Crippen molar-refractivity contribution in [3.63, 3.8) is 0 Å². The third-order valence-electron chi connectivity index (χ3n) is 3.91. The van der Waals surface area contributed by atoms with Crippen LogP contribution in [0.4, 0.5) is 4.79 Å². The minimum absolute atomic E-state index is 0.0234. The Morgan fingerprint density at radius 2 is 2.16 bits per heavy atom. The first-order valence-electron chi connectivity index (χ1n) is 6.97. The van der Waals surface area contributed by atoms with Crippen molar-refractivity contribution in [1.29, 1.82) is 0 Å². The Labute approximate surface area is 113 Å². The summed E-state index contributed by atoms with van der Waals surface area (Å²) >= 11 is 0. The quantitative estimate of drug-likeness (QED) is 0.778. The molecular formula is C13H22N2O4. The van der Waals surface area contributed by atoms with E-state index < -0.39 is 5.97 Å². The summed E-state index contributed by atoms with van der Waals surface area (Å²) in [4.78, 5) is 24.3. The van der Waals surface area contributed by atoms with Gasteiger partial charge >= 0.3 is 12.0 Å². The standard InChI is InChI=1S/C13H22N2O4/c16-12(17)2-1-10-3-5-15(8-10)13(18)14-7-11-4-6-19-9-11/h10-11H,1-9H2,(H,14,18)(H,16,17). The van der Waals surface area contributed by atoms with Crippen molar-refractivity contribution >= 4 is 12.0 Å². The Morgan fingerprint density at radius 3 is 2.84 bits per heavy atom. The van der Waals surface area contributed by atoms with E-state index in [1.807, 2.05) is 0 Å². The van der Waals surface area contributed by atoms with Crippen LogP contribution in [0.3, 0.4) is 0 Å². The Kier molecular flexibility index (Phi) is 5.01. The summed E-state index contributed by atoms with van der Waals surface area (Å²) in [5.41, 5.74) is 0. The molecule has 2 atom stereocenters. The molecule has 2 saturated heterocycles. The summed E-state index contributed by atoms with van der Waals surface area (Å²) in [6.45, 7) is 3.62. The third kappa shape index (κ3) is 4.38. The van der Waals surface area contributed by atoms with Crippen molar-refractivity contribution in [3.05, 3.63) is 0 Å². The molecule has 0 aromatic heterocycles. The molecule has 0 aliphatic carbocycles. The number of ether oxygens (including phenoxy) is 1. The van der Waals surface area contributed by atoms with Gasteiger partial charge in [0.1, 0.15) is 0 Å². The average Bonchev–Trinajstić information content (AvgIpc) is 3.04. The summed E-state index contributed by atoms with van der Waals surface area (Å²) < 4.78 is 5.27. The zero-order valence-electron chi connectivity index (χ0n) is 11.1. The number of aliphatic carboxylic acids is 1. The second kappa shape index (κ2) is 6.75. The molecule has 2 aliphatic rings. The Hall–Kier alpha value is -1.30. The van der Waals surface area contributed by atoms with Gasteiger partial charge in [0.2, 0.25) is 0 Å². The van der Waals surface area contributed by atoms with Crippen molar-refractivity contribution in [2.45, 2.75) is 25.7 Å². The van der Waals surface area contributed by atoms with E-state index in [0.717, 1.165) is 32.6 Å². The molecule has 2 N–H and O–H groups in total. The van der Waals surface area contributed by atoms with E-state index in [1.165, 1.54) is 0 Å². The minimum atomic E-state index is -0.760. The summed E-state index contributed by atoms with van der Waals surface area (Å²) in [6.07, 6.45) is 2.78. The molecule has 19 heavy (non-hydrogen) atoms. The average molecular weight is 270 g/mol. The fraction of sp³-hybridized carbons (Fsp3) is 0.846. The van der Waals surface area contributed by atoms with Crippen LogP contribution in [0.15, 0.2) is 0 Å². The molecule has 0 radical (unpaired) electrons. The van der Waals surface area contributed by atoms with Gasteiger partial charge in [0.15, 0.2) is 0 Å². The van der Waals surface area contributed by atoms with Gasteiger partial charge in [-0.05, 0) is 25.2 Å². The van der Waals surface area contributed by atoms with E-state index >= 15 is 0 Å². The SMILES string of the molecule is O=C(O)CCC1CCN(C(=O)NCC2CCOC2)C1. The van der Waals surface area contributed by atoms with Crippen LogP contribution in [0.1, 0.15) is 25.7 Å². The lowest BCUT2D eigenvalue weighted by Crippen LogP contribution is -2.40. The van der Waals surface area contributed by atoms with Crippen molar-refractivity contribution in [1.82, 2.24) is 10.2 Å². The molecule has 0 aromatic carbocycles. The molecule has 0 aromatic rings. The maximum Gasteiger partial charge on any atom is 0.317 e. The lowest BCUT2D eigenvalue weighted by molar-refractivity contribution is -0.137. The Bertz CT molecular complexity index is 329. The first-order valence-corrected chi connectivity index (χ1v) is 6.97. The molecule has 2 rings (SSSR count). The maximum absolute atomic E-state index is 11.9. The molecule has 2 heterocycles. The van der Waals surface area contributed by atoms with Gasteiger partial charge in [-0.1, -0.05) is 0 Å². The van der Waals surface area contributed by atoms with E-state index in [0.29, 0.717) is 31.3 Å². The predicted octanol–water partition coefficient (Wildman–Crippen LogP) is 0.919. The van der Waals surface area contributed by atoms with E-state index in [-0.39, 0.29) is 12.5 Å². The van der Waals surface area contributed by atoms with Gasteiger partial charge in [0.05, 0.1) is 6.61 Å². The summed E-state index contributed by atoms with van der Waals surface area (Å²) in [6, 6.07) is -0.0234. The van der Waals surface area contributed by atoms with Gasteiger partial charge in [-0.2, -0.15) is 0 Å². The van der Waals surface area contributed by atoms with Crippen LogP contribution in [0.5, 0.6) is 0 Å². The number of amides is 2. The van der Waals surface area contributed by atoms with Crippen LogP contribution >= 0.6 is 0 Å². The predicted molar refractivity (Wildman–Crippen MR) is 68.9 cm³/mol. The van der Waals surface area contributed by atoms with Crippen molar-refractivity contribution in [3.8, 4) is 0 Å². The van der Waals surface area contributed by atoms with Gasteiger partial charge in [0, 0.05) is 38.6 Å². The molecule has 0 spiro atoms. The Morgan fingerprint density at radius 1 is 1.32 bits per heavy atom. The van der Waals surface area contributed by atoms with Crippen LogP contribution in [0.25, 0.3) is 0 Å². The fourth-order valence-corrected chi connectivity index (χ4v) is 2.67. The number of nitrogens with one attached hydrogen (secondary N) is 1. The highest BCUT2D eigenvalue weighted by atomic mass is 16.5. The molecule has 0 saturated carbocycles. The summed E-state index contributed by atoms with van der Waals surface area (Å²) in [7, 11) is 0. The van der Waals surface area contributed by atoms with Crippen LogP contribution in [0.2, 0.25) is 0 Å². The third-order valence-corrected chi connectivity index (χ3v) is 3.91. The highest BCUT2D eigenvalue weighted by Gasteiger charge is 2.27. The maximum atomic E-state index is 11.9. The van der Waals surface area contributed by atoms with Crippen LogP contribution in [0, 0.1) is 11.8 Å². The van der Waals surface area contributed by atoms with E-state index in [2.05, 4.69) is 5.32 Å². The van der Waals surface area contributed by atoms with Gasteiger partial charge < -0.3 is 20.1 Å². The molecule has 108 valence electrons. The first-order chi connectivity index (χ1) is 9.15. The first kappa shape index (κ1) is 14.1. The fourth-order valence-electron chi connectivity index (χ4n) is 2.67. The number of carbonyl (C=O) groups excluding carboxylic acids is 1. The van der Waals surface area contributed by atoms with Crippen LogP contribution in [-0.4, -0.2) is 54.9 Å². The van der Waals surface area contributed by atoms with E-state index in [4.69, 9.17) is 9.84 Å². The Balaban J connectivity index is 1.64. The number of likely N-dealkylation sites (tertiary alicyclic amines) is 1. The summed E-state index contributed by atoms with van der Waals surface area (Å²) in [5.74, 6) is 0.00941. The molecule has 0 bridgehead atoms. The molecule has 2 unspecified atom stereocenters. The van der Waals surface area contributed by atoms with Crippen molar-refractivity contribution < 1.29 is 19.4 Å². The van der Waals surface area contributed by atoms with E-state index in [9.17, 15) is 9.59 Å². The zero-order chi connectivity index (χ0) is 13.7. The largest absolute Gasteiger partial charge is 0.481 e. The number of urea groups is 1. The van der Waals surface area contributed by atoms with Crippen molar-refractivity contribution in [2.75, 3.05) is 32.8 Å². The monoisotopic (exact) mass is 270 g/mol. The molecule has 6 nitrogen and oxygen atoms in total. The topological polar surface area (TPSA) is 78.9 Å². The lowest BCUT2D eigenvalue weighted by atomic mass is 10.0. The number of carboxylic acids is 1. The van der Waals surface area contributed by atoms with Crippen molar-refractivity contribution in [2.24, 2.45) is 11.8 Å². The smallest absolute Gasteiger partial charge is 0.317 e. The number of nitrogens with zero attached hydrogens (tertiary/aromatic N) is 1. The zero-order valence-corrected chi connectivity index (χ0v) is 11.1. The second-order valence-electron chi connectivity index (χ2n) is 5.45. The highest BCUT2D eigenvalue weighted by molar-refractivity contribution is 5.74. The number of carbonyl (C=O) groups is 2. The van der Waals surface area contributed by atoms with Gasteiger partial charge in [0.25, 0.3) is 0 Å². The lowest BCUT2D eigenvalue weighted by Gasteiger charge is -2.18. The van der Waals surface area contributed by atoms with E-state index in [1.54, 1.807) is 4.90 Å². The summed E-state index contributed by atoms with van der Waals surface area (Å²) in [5, 5.41) is 11.6. The number of carboxylic acid groups (broad SMARTS) is 1. The minimum Gasteiger partial charge on any atom is -0.481 e. The highest BCUT2D eigenvalue weighted by Crippen LogP contribution is 2.21.